The third-order valence-corrected chi connectivity index (χ3v) is 3.76. The summed E-state index contributed by atoms with van der Waals surface area (Å²) in [6.07, 6.45) is -2.84. The Bertz CT molecular complexity index is 995. The minimum atomic E-state index is -4.41. The summed E-state index contributed by atoms with van der Waals surface area (Å²) in [7, 11) is 1.52. The van der Waals surface area contributed by atoms with Gasteiger partial charge in [0.25, 0.3) is 5.56 Å². The number of fused-ring (bicyclic) bond motifs is 1. The Labute approximate surface area is 146 Å². The Morgan fingerprint density at radius 1 is 1.12 bits per heavy atom. The quantitative estimate of drug-likeness (QED) is 0.710. The molecule has 0 saturated carbocycles. The summed E-state index contributed by atoms with van der Waals surface area (Å²) in [6, 6.07) is 9.14. The number of methoxy groups -OCH3 is 1. The minimum Gasteiger partial charge on any atom is -0.497 e. The monoisotopic (exact) mass is 364 g/mol. The van der Waals surface area contributed by atoms with Gasteiger partial charge in [0.15, 0.2) is 6.61 Å². The van der Waals surface area contributed by atoms with Gasteiger partial charge in [0, 0.05) is 12.3 Å². The number of pyridine rings is 1. The molecule has 26 heavy (non-hydrogen) atoms. The first kappa shape index (κ1) is 17.8. The Morgan fingerprint density at radius 2 is 1.81 bits per heavy atom. The number of aromatic nitrogens is 2. The molecule has 0 unspecified atom stereocenters. The van der Waals surface area contributed by atoms with Crippen LogP contribution in [0.4, 0.5) is 13.2 Å². The second kappa shape index (κ2) is 6.70. The molecule has 0 spiro atoms. The van der Waals surface area contributed by atoms with E-state index in [1.54, 1.807) is 25.3 Å². The molecule has 3 aromatic rings. The van der Waals surface area contributed by atoms with Gasteiger partial charge in [-0.15, -0.1) is 0 Å². The molecule has 0 fully saturated rings. The summed E-state index contributed by atoms with van der Waals surface area (Å²) in [5.74, 6) is 0.650. The van der Waals surface area contributed by atoms with Crippen LogP contribution in [0, 0.1) is 6.92 Å². The molecule has 0 saturated heterocycles. The van der Waals surface area contributed by atoms with Crippen molar-refractivity contribution >= 4 is 5.65 Å². The van der Waals surface area contributed by atoms with E-state index in [0.29, 0.717) is 28.2 Å². The van der Waals surface area contributed by atoms with E-state index < -0.39 is 12.8 Å². The molecule has 0 amide bonds. The number of rotatable bonds is 4. The van der Waals surface area contributed by atoms with E-state index in [-0.39, 0.29) is 11.3 Å². The first-order chi connectivity index (χ1) is 12.3. The van der Waals surface area contributed by atoms with Crippen molar-refractivity contribution in [1.29, 1.82) is 0 Å². The number of ether oxygens (including phenoxy) is 2. The molecule has 2 heterocycles. The highest BCUT2D eigenvalue weighted by Gasteiger charge is 2.28. The highest BCUT2D eigenvalue weighted by molar-refractivity contribution is 5.67. The molecule has 0 aliphatic carbocycles. The molecular formula is C18H15F3N2O3. The average Bonchev–Trinajstić information content (AvgIpc) is 2.60. The Kier molecular flexibility index (Phi) is 4.58. The standard InChI is InChI=1S/C18H15F3N2O3/c1-11-16(12-3-5-13(6-4-12)26-10-18(19,20)21)17(24)23-8-7-14(25-2)9-15(23)22-11/h3-9H,10H2,1-2H3. The number of hydrogen-bond acceptors (Lipinski definition) is 4. The Hall–Kier alpha value is -3.03. The van der Waals surface area contributed by atoms with E-state index in [1.807, 2.05) is 0 Å². The summed E-state index contributed by atoms with van der Waals surface area (Å²) in [6.45, 7) is 0.331. The molecule has 0 atom stereocenters. The number of aryl methyl sites for hydroxylation is 1. The van der Waals surface area contributed by atoms with E-state index in [2.05, 4.69) is 9.72 Å². The molecule has 1 aromatic carbocycles. The SMILES string of the molecule is COc1ccn2c(=O)c(-c3ccc(OCC(F)(F)F)cc3)c(C)nc2c1. The predicted octanol–water partition coefficient (Wildman–Crippen LogP) is 3.62. The number of nitrogens with zero attached hydrogens (tertiary/aromatic N) is 2. The highest BCUT2D eigenvalue weighted by Crippen LogP contribution is 2.24. The Balaban J connectivity index is 1.98. The van der Waals surface area contributed by atoms with Gasteiger partial charge in [-0.3, -0.25) is 9.20 Å². The molecule has 0 aliphatic rings. The topological polar surface area (TPSA) is 52.8 Å². The van der Waals surface area contributed by atoms with Crippen molar-refractivity contribution < 1.29 is 22.6 Å². The summed E-state index contributed by atoms with van der Waals surface area (Å²) >= 11 is 0. The lowest BCUT2D eigenvalue weighted by atomic mass is 10.1. The zero-order chi connectivity index (χ0) is 18.9. The zero-order valence-corrected chi connectivity index (χ0v) is 14.0. The summed E-state index contributed by atoms with van der Waals surface area (Å²) in [4.78, 5) is 17.2. The van der Waals surface area contributed by atoms with Gasteiger partial charge in [-0.2, -0.15) is 13.2 Å². The number of benzene rings is 1. The molecule has 136 valence electrons. The second-order valence-electron chi connectivity index (χ2n) is 5.60. The summed E-state index contributed by atoms with van der Waals surface area (Å²) < 4.78 is 47.8. The van der Waals surface area contributed by atoms with Gasteiger partial charge in [0.2, 0.25) is 0 Å². The normalized spacial score (nSPS) is 11.6. The molecule has 0 radical (unpaired) electrons. The summed E-state index contributed by atoms with van der Waals surface area (Å²) in [5.41, 5.74) is 1.59. The molecular weight excluding hydrogens is 349 g/mol. The van der Waals surface area contributed by atoms with E-state index in [9.17, 15) is 18.0 Å². The van der Waals surface area contributed by atoms with Crippen LogP contribution in [0.3, 0.4) is 0 Å². The van der Waals surface area contributed by atoms with Crippen LogP contribution in [0.5, 0.6) is 11.5 Å². The molecule has 0 bridgehead atoms. The molecule has 3 rings (SSSR count). The van der Waals surface area contributed by atoms with Crippen LogP contribution in [-0.2, 0) is 0 Å². The average molecular weight is 364 g/mol. The van der Waals surface area contributed by atoms with Crippen molar-refractivity contribution in [2.24, 2.45) is 0 Å². The number of halogens is 3. The van der Waals surface area contributed by atoms with E-state index in [4.69, 9.17) is 4.74 Å². The van der Waals surface area contributed by atoms with E-state index in [1.165, 1.54) is 35.8 Å². The van der Waals surface area contributed by atoms with Crippen molar-refractivity contribution in [3.8, 4) is 22.6 Å². The van der Waals surface area contributed by atoms with Gasteiger partial charge in [-0.25, -0.2) is 4.98 Å². The van der Waals surface area contributed by atoms with Crippen molar-refractivity contribution in [1.82, 2.24) is 9.38 Å². The zero-order valence-electron chi connectivity index (χ0n) is 14.0. The maximum Gasteiger partial charge on any atom is 0.422 e. The smallest absolute Gasteiger partial charge is 0.422 e. The third kappa shape index (κ3) is 3.63. The fourth-order valence-corrected chi connectivity index (χ4v) is 2.57. The maximum atomic E-state index is 12.8. The van der Waals surface area contributed by atoms with Crippen LogP contribution in [0.25, 0.3) is 16.8 Å². The molecule has 5 nitrogen and oxygen atoms in total. The largest absolute Gasteiger partial charge is 0.497 e. The summed E-state index contributed by atoms with van der Waals surface area (Å²) in [5, 5.41) is 0. The minimum absolute atomic E-state index is 0.0716. The van der Waals surface area contributed by atoms with E-state index in [0.717, 1.165) is 0 Å². The van der Waals surface area contributed by atoms with Crippen LogP contribution < -0.4 is 15.0 Å². The molecule has 0 aliphatic heterocycles. The Morgan fingerprint density at radius 3 is 2.42 bits per heavy atom. The van der Waals surface area contributed by atoms with Crippen LogP contribution in [0.1, 0.15) is 5.69 Å². The van der Waals surface area contributed by atoms with Crippen LogP contribution >= 0.6 is 0 Å². The predicted molar refractivity (Wildman–Crippen MR) is 89.7 cm³/mol. The van der Waals surface area contributed by atoms with Crippen LogP contribution in [-0.4, -0.2) is 29.3 Å². The third-order valence-electron chi connectivity index (χ3n) is 3.76. The second-order valence-corrected chi connectivity index (χ2v) is 5.60. The van der Waals surface area contributed by atoms with E-state index >= 15 is 0 Å². The number of alkyl halides is 3. The van der Waals surface area contributed by atoms with Gasteiger partial charge in [0.1, 0.15) is 17.1 Å². The van der Waals surface area contributed by atoms with Crippen LogP contribution in [0.15, 0.2) is 47.4 Å². The fourth-order valence-electron chi connectivity index (χ4n) is 2.57. The fraction of sp³-hybridized carbons (Fsp3) is 0.222. The molecule has 2 aromatic heterocycles. The lowest BCUT2D eigenvalue weighted by molar-refractivity contribution is -0.153. The maximum absolute atomic E-state index is 12.8. The van der Waals surface area contributed by atoms with Crippen molar-refractivity contribution in [3.63, 3.8) is 0 Å². The lowest BCUT2D eigenvalue weighted by Crippen LogP contribution is -2.19. The van der Waals surface area contributed by atoms with Gasteiger partial charge in [-0.05, 0) is 30.7 Å². The van der Waals surface area contributed by atoms with Crippen molar-refractivity contribution in [2.45, 2.75) is 13.1 Å². The lowest BCUT2D eigenvalue weighted by Gasteiger charge is -2.11. The highest BCUT2D eigenvalue weighted by atomic mass is 19.4. The van der Waals surface area contributed by atoms with Gasteiger partial charge in [-0.1, -0.05) is 12.1 Å². The first-order valence-electron chi connectivity index (χ1n) is 7.65. The van der Waals surface area contributed by atoms with Crippen LogP contribution in [0.2, 0.25) is 0 Å². The van der Waals surface area contributed by atoms with Gasteiger partial charge < -0.3 is 9.47 Å². The van der Waals surface area contributed by atoms with Crippen molar-refractivity contribution in [3.05, 3.63) is 58.6 Å². The van der Waals surface area contributed by atoms with Crippen molar-refractivity contribution in [2.75, 3.05) is 13.7 Å². The number of hydrogen-bond donors (Lipinski definition) is 0. The van der Waals surface area contributed by atoms with Gasteiger partial charge in [0.05, 0.1) is 18.4 Å². The molecule has 0 N–H and O–H groups in total. The molecule has 8 heteroatoms. The first-order valence-corrected chi connectivity index (χ1v) is 7.65. The van der Waals surface area contributed by atoms with Gasteiger partial charge >= 0.3 is 6.18 Å².